The van der Waals surface area contributed by atoms with Gasteiger partial charge in [-0.05, 0) is 26.2 Å². The van der Waals surface area contributed by atoms with E-state index in [0.29, 0.717) is 18.4 Å². The van der Waals surface area contributed by atoms with Crippen molar-refractivity contribution in [1.82, 2.24) is 10.3 Å². The molecule has 2 aliphatic rings. The van der Waals surface area contributed by atoms with Gasteiger partial charge in [-0.2, -0.15) is 0 Å². The van der Waals surface area contributed by atoms with Crippen molar-refractivity contribution in [1.29, 1.82) is 0 Å². The summed E-state index contributed by atoms with van der Waals surface area (Å²) < 4.78 is 10.9. The summed E-state index contributed by atoms with van der Waals surface area (Å²) in [5, 5.41) is 5.84. The summed E-state index contributed by atoms with van der Waals surface area (Å²) in [5.74, 6) is -0.0650. The lowest BCUT2D eigenvalue weighted by Gasteiger charge is -2.54. The molecule has 122 valence electrons. The van der Waals surface area contributed by atoms with Crippen LogP contribution in [0.1, 0.15) is 54.5 Å². The molecule has 2 fully saturated rings. The summed E-state index contributed by atoms with van der Waals surface area (Å²) in [5.41, 5.74) is 0.668. The average molecular weight is 324 g/mol. The number of nitrogens with one attached hydrogen (secondary N) is 1. The first-order chi connectivity index (χ1) is 10.7. The van der Waals surface area contributed by atoms with Gasteiger partial charge in [0.25, 0.3) is 5.91 Å². The van der Waals surface area contributed by atoms with Crippen LogP contribution in [0.5, 0.6) is 0 Å². The smallest absolute Gasteiger partial charge is 0.271 e. The van der Waals surface area contributed by atoms with Crippen molar-refractivity contribution < 1.29 is 14.3 Å². The second-order valence-corrected chi connectivity index (χ2v) is 7.15. The normalized spacial score (nSPS) is 26.1. The number of carbonyl (C=O) groups excluding carboxylic acids is 1. The summed E-state index contributed by atoms with van der Waals surface area (Å²) in [6.45, 7) is 3.25. The quantitative estimate of drug-likeness (QED) is 0.874. The predicted molar refractivity (Wildman–Crippen MR) is 85.0 cm³/mol. The van der Waals surface area contributed by atoms with E-state index in [1.165, 1.54) is 24.2 Å². The molecular formula is C16H24N2O3S. The van der Waals surface area contributed by atoms with E-state index in [4.69, 9.17) is 9.47 Å². The first kappa shape index (κ1) is 15.9. The Balaban J connectivity index is 1.63. The molecule has 0 radical (unpaired) electrons. The Morgan fingerprint density at radius 1 is 1.50 bits per heavy atom. The van der Waals surface area contributed by atoms with Gasteiger partial charge in [0.15, 0.2) is 0 Å². The highest BCUT2D eigenvalue weighted by Gasteiger charge is 2.57. The number of nitrogens with zero attached hydrogens (tertiary/aromatic N) is 1. The minimum absolute atomic E-state index is 0.0650. The van der Waals surface area contributed by atoms with Crippen LogP contribution in [0, 0.1) is 5.41 Å². The zero-order chi connectivity index (χ0) is 15.6. The number of aromatic nitrogens is 1. The molecule has 0 unspecified atom stereocenters. The number of carbonyl (C=O) groups is 1. The van der Waals surface area contributed by atoms with Crippen LogP contribution in [0.2, 0.25) is 0 Å². The zero-order valence-corrected chi connectivity index (χ0v) is 14.1. The molecule has 1 aromatic heterocycles. The molecule has 2 atom stereocenters. The van der Waals surface area contributed by atoms with E-state index in [0.717, 1.165) is 30.9 Å². The maximum Gasteiger partial charge on any atom is 0.271 e. The van der Waals surface area contributed by atoms with Crippen LogP contribution in [0.3, 0.4) is 0 Å². The number of ether oxygens (including phenoxy) is 2. The van der Waals surface area contributed by atoms with Crippen molar-refractivity contribution in [3.05, 3.63) is 16.1 Å². The molecule has 1 aromatic rings. The lowest BCUT2D eigenvalue weighted by atomic mass is 9.60. The zero-order valence-electron chi connectivity index (χ0n) is 13.3. The van der Waals surface area contributed by atoms with Crippen molar-refractivity contribution >= 4 is 17.2 Å². The fourth-order valence-electron chi connectivity index (χ4n) is 3.93. The van der Waals surface area contributed by atoms with E-state index in [1.807, 2.05) is 12.3 Å². The van der Waals surface area contributed by atoms with Gasteiger partial charge in [0, 0.05) is 30.6 Å². The van der Waals surface area contributed by atoms with E-state index in [-0.39, 0.29) is 17.4 Å². The number of thiazole rings is 1. The van der Waals surface area contributed by atoms with Crippen LogP contribution in [0.4, 0.5) is 0 Å². The fraction of sp³-hybridized carbons (Fsp3) is 0.750. The van der Waals surface area contributed by atoms with Crippen molar-refractivity contribution in [3.63, 3.8) is 0 Å². The van der Waals surface area contributed by atoms with Crippen LogP contribution in [-0.4, -0.2) is 36.8 Å². The lowest BCUT2D eigenvalue weighted by Crippen LogP contribution is -2.63. The third-order valence-electron chi connectivity index (χ3n) is 5.04. The first-order valence-electron chi connectivity index (χ1n) is 8.05. The van der Waals surface area contributed by atoms with E-state index in [1.54, 1.807) is 7.11 Å². The van der Waals surface area contributed by atoms with E-state index < -0.39 is 0 Å². The Hall–Kier alpha value is -0.980. The molecule has 1 heterocycles. The SMILES string of the molecule is CCO[C@@H]1C[C@@H](NC(=O)c2csc(COC)n2)C12CCCC2. The molecule has 0 bridgehead atoms. The number of hydrogen-bond acceptors (Lipinski definition) is 5. The largest absolute Gasteiger partial charge is 0.378 e. The Morgan fingerprint density at radius 2 is 2.27 bits per heavy atom. The maximum absolute atomic E-state index is 12.4. The molecule has 1 spiro atoms. The molecule has 2 saturated carbocycles. The van der Waals surface area contributed by atoms with Gasteiger partial charge < -0.3 is 14.8 Å². The van der Waals surface area contributed by atoms with Crippen molar-refractivity contribution in [3.8, 4) is 0 Å². The minimum atomic E-state index is -0.0650. The Kier molecular flexibility index (Phi) is 4.80. The van der Waals surface area contributed by atoms with Crippen LogP contribution < -0.4 is 5.32 Å². The fourth-order valence-corrected chi connectivity index (χ4v) is 4.67. The molecule has 6 heteroatoms. The van der Waals surface area contributed by atoms with Crippen molar-refractivity contribution in [2.24, 2.45) is 5.41 Å². The highest BCUT2D eigenvalue weighted by atomic mass is 32.1. The maximum atomic E-state index is 12.4. The Morgan fingerprint density at radius 3 is 2.95 bits per heavy atom. The van der Waals surface area contributed by atoms with Crippen LogP contribution in [0.25, 0.3) is 0 Å². The predicted octanol–water partition coefficient (Wildman–Crippen LogP) is 2.76. The lowest BCUT2D eigenvalue weighted by molar-refractivity contribution is -0.127. The Bertz CT molecular complexity index is 525. The summed E-state index contributed by atoms with van der Waals surface area (Å²) in [6.07, 6.45) is 6.04. The summed E-state index contributed by atoms with van der Waals surface area (Å²) in [4.78, 5) is 16.8. The summed E-state index contributed by atoms with van der Waals surface area (Å²) in [6, 6.07) is 0.228. The van der Waals surface area contributed by atoms with Crippen molar-refractivity contribution in [2.45, 2.75) is 57.8 Å². The molecule has 22 heavy (non-hydrogen) atoms. The van der Waals surface area contributed by atoms with Gasteiger partial charge in [-0.3, -0.25) is 4.79 Å². The number of methoxy groups -OCH3 is 1. The minimum Gasteiger partial charge on any atom is -0.378 e. The van der Waals surface area contributed by atoms with Gasteiger partial charge >= 0.3 is 0 Å². The van der Waals surface area contributed by atoms with Crippen LogP contribution in [0.15, 0.2) is 5.38 Å². The van der Waals surface area contributed by atoms with Crippen molar-refractivity contribution in [2.75, 3.05) is 13.7 Å². The Labute approximate surface area is 135 Å². The van der Waals surface area contributed by atoms with Crippen LogP contribution in [-0.2, 0) is 16.1 Å². The van der Waals surface area contributed by atoms with E-state index >= 15 is 0 Å². The van der Waals surface area contributed by atoms with Gasteiger partial charge in [-0.25, -0.2) is 4.98 Å². The second kappa shape index (κ2) is 6.64. The number of rotatable bonds is 6. The molecule has 0 aromatic carbocycles. The molecule has 1 amide bonds. The molecular weight excluding hydrogens is 300 g/mol. The topological polar surface area (TPSA) is 60.5 Å². The standard InChI is InChI=1S/C16H24N2O3S/c1-3-21-13-8-12(16(13)6-4-5-7-16)18-15(19)11-10-22-14(17-11)9-20-2/h10,12-13H,3-9H2,1-2H3,(H,18,19)/t12-,13-/m1/s1. The third kappa shape index (κ3) is 2.79. The van der Waals surface area contributed by atoms with Crippen LogP contribution >= 0.6 is 11.3 Å². The van der Waals surface area contributed by atoms with Gasteiger partial charge in [0.1, 0.15) is 10.7 Å². The van der Waals surface area contributed by atoms with Gasteiger partial charge in [-0.15, -0.1) is 11.3 Å². The van der Waals surface area contributed by atoms with Gasteiger partial charge in [0.2, 0.25) is 0 Å². The molecule has 3 rings (SSSR count). The third-order valence-corrected chi connectivity index (χ3v) is 5.87. The monoisotopic (exact) mass is 324 g/mol. The highest BCUT2D eigenvalue weighted by Crippen LogP contribution is 2.54. The average Bonchev–Trinajstić information content (AvgIpc) is 3.17. The molecule has 2 aliphatic carbocycles. The molecule has 1 N–H and O–H groups in total. The number of amides is 1. The molecule has 5 nitrogen and oxygen atoms in total. The highest BCUT2D eigenvalue weighted by molar-refractivity contribution is 7.09. The number of hydrogen-bond donors (Lipinski definition) is 1. The van der Waals surface area contributed by atoms with Gasteiger partial charge in [-0.1, -0.05) is 12.8 Å². The summed E-state index contributed by atoms with van der Waals surface area (Å²) in [7, 11) is 1.63. The second-order valence-electron chi connectivity index (χ2n) is 6.21. The summed E-state index contributed by atoms with van der Waals surface area (Å²) >= 11 is 1.47. The molecule has 0 aliphatic heterocycles. The van der Waals surface area contributed by atoms with Gasteiger partial charge in [0.05, 0.1) is 12.7 Å². The molecule has 0 saturated heterocycles. The van der Waals surface area contributed by atoms with E-state index in [9.17, 15) is 4.79 Å². The van der Waals surface area contributed by atoms with E-state index in [2.05, 4.69) is 10.3 Å². The first-order valence-corrected chi connectivity index (χ1v) is 8.93.